The van der Waals surface area contributed by atoms with Crippen molar-refractivity contribution in [3.63, 3.8) is 0 Å². The van der Waals surface area contributed by atoms with Crippen molar-refractivity contribution in [3.05, 3.63) is 72.3 Å². The van der Waals surface area contributed by atoms with Crippen molar-refractivity contribution in [1.29, 1.82) is 0 Å². The summed E-state index contributed by atoms with van der Waals surface area (Å²) in [6, 6.07) is 20.3. The van der Waals surface area contributed by atoms with Gasteiger partial charge in [-0.2, -0.15) is 0 Å². The highest BCUT2D eigenvalue weighted by Crippen LogP contribution is 2.43. The molecule has 0 unspecified atom stereocenters. The summed E-state index contributed by atoms with van der Waals surface area (Å²) in [7, 11) is 0. The molecule has 0 aliphatic carbocycles. The zero-order valence-corrected chi connectivity index (χ0v) is 13.2. The quantitative estimate of drug-likeness (QED) is 0.514. The smallest absolute Gasteiger partial charge is 0.143 e. The number of hydrogen-bond acceptors (Lipinski definition) is 3. The first kappa shape index (κ1) is 14.4. The molecule has 118 valence electrons. The van der Waals surface area contributed by atoms with E-state index < -0.39 is 0 Å². The van der Waals surface area contributed by atoms with Crippen LogP contribution in [-0.2, 0) is 0 Å². The molecule has 0 aliphatic heterocycles. The van der Waals surface area contributed by atoms with Crippen LogP contribution < -0.4 is 0 Å². The lowest BCUT2D eigenvalue weighted by molar-refractivity contribution is 0.474. The number of rotatable bonds is 2. The predicted molar refractivity (Wildman–Crippen MR) is 95.2 cm³/mol. The molecule has 0 fully saturated rings. The van der Waals surface area contributed by atoms with E-state index in [4.69, 9.17) is 4.42 Å². The molecule has 3 aromatic carbocycles. The molecule has 4 rings (SSSR count). The molecule has 0 atom stereocenters. The molecule has 0 amide bonds. The second-order valence-electron chi connectivity index (χ2n) is 5.86. The van der Waals surface area contributed by atoms with E-state index in [-0.39, 0.29) is 11.5 Å². The maximum absolute atomic E-state index is 10.0. The summed E-state index contributed by atoms with van der Waals surface area (Å²) in [5.41, 5.74) is 4.48. The van der Waals surface area contributed by atoms with Gasteiger partial charge in [-0.15, -0.1) is 0 Å². The number of aryl methyl sites for hydroxylation is 1. The Kier molecular flexibility index (Phi) is 3.28. The third kappa shape index (κ3) is 2.31. The first-order valence-corrected chi connectivity index (χ1v) is 7.74. The lowest BCUT2D eigenvalue weighted by Gasteiger charge is -2.04. The molecule has 2 N–H and O–H groups in total. The first-order chi connectivity index (χ1) is 11.6. The molecule has 0 bridgehead atoms. The summed E-state index contributed by atoms with van der Waals surface area (Å²) >= 11 is 0. The largest absolute Gasteiger partial charge is 0.508 e. The normalized spacial score (nSPS) is 11.0. The van der Waals surface area contributed by atoms with E-state index in [1.54, 1.807) is 24.3 Å². The second-order valence-corrected chi connectivity index (χ2v) is 5.86. The number of aromatic hydroxyl groups is 2. The van der Waals surface area contributed by atoms with E-state index in [1.807, 2.05) is 49.4 Å². The zero-order valence-electron chi connectivity index (χ0n) is 13.2. The molecule has 0 aliphatic rings. The molecule has 1 aromatic heterocycles. The molecule has 0 radical (unpaired) electrons. The van der Waals surface area contributed by atoms with Crippen LogP contribution in [0.3, 0.4) is 0 Å². The van der Waals surface area contributed by atoms with Crippen LogP contribution in [0.2, 0.25) is 0 Å². The van der Waals surface area contributed by atoms with Gasteiger partial charge in [-0.3, -0.25) is 0 Å². The lowest BCUT2D eigenvalue weighted by Crippen LogP contribution is -1.81. The van der Waals surface area contributed by atoms with Crippen LogP contribution in [0, 0.1) is 6.92 Å². The third-order valence-corrected chi connectivity index (χ3v) is 4.15. The Hall–Kier alpha value is -3.20. The van der Waals surface area contributed by atoms with E-state index in [1.165, 1.54) is 0 Å². The fraction of sp³-hybridized carbons (Fsp3) is 0.0476. The van der Waals surface area contributed by atoms with Crippen LogP contribution in [0.4, 0.5) is 0 Å². The molecule has 24 heavy (non-hydrogen) atoms. The van der Waals surface area contributed by atoms with Crippen LogP contribution in [0.15, 0.2) is 71.1 Å². The Morgan fingerprint density at radius 2 is 1.46 bits per heavy atom. The van der Waals surface area contributed by atoms with Crippen molar-refractivity contribution in [2.24, 2.45) is 0 Å². The van der Waals surface area contributed by atoms with Gasteiger partial charge in [-0.05, 0) is 54.4 Å². The molecular formula is C21H16O3. The van der Waals surface area contributed by atoms with Crippen LogP contribution in [-0.4, -0.2) is 10.2 Å². The van der Waals surface area contributed by atoms with Gasteiger partial charge in [0, 0.05) is 16.5 Å². The molecule has 0 saturated heterocycles. The maximum atomic E-state index is 10.0. The SMILES string of the molecule is Cc1cc(O)cc2c(-c3ccccc3)c(-c3ccc(O)cc3)oc12. The Balaban J connectivity index is 2.09. The van der Waals surface area contributed by atoms with Crippen molar-refractivity contribution in [3.8, 4) is 33.9 Å². The van der Waals surface area contributed by atoms with E-state index >= 15 is 0 Å². The van der Waals surface area contributed by atoms with E-state index in [0.29, 0.717) is 0 Å². The van der Waals surface area contributed by atoms with E-state index in [2.05, 4.69) is 0 Å². The molecule has 3 nitrogen and oxygen atoms in total. The molecule has 4 aromatic rings. The highest BCUT2D eigenvalue weighted by Gasteiger charge is 2.19. The standard InChI is InChI=1S/C21H16O3/c1-13-11-17(23)12-18-19(14-5-3-2-4-6-14)21(24-20(13)18)15-7-9-16(22)10-8-15/h2-12,22-23H,1H3. The molecule has 1 heterocycles. The Morgan fingerprint density at radius 1 is 0.750 bits per heavy atom. The van der Waals surface area contributed by atoms with Crippen LogP contribution >= 0.6 is 0 Å². The van der Waals surface area contributed by atoms with Crippen molar-refractivity contribution < 1.29 is 14.6 Å². The Labute approximate surface area is 139 Å². The summed E-state index contributed by atoms with van der Waals surface area (Å²) < 4.78 is 6.17. The van der Waals surface area contributed by atoms with Gasteiger partial charge in [0.2, 0.25) is 0 Å². The lowest BCUT2D eigenvalue weighted by atomic mass is 9.98. The van der Waals surface area contributed by atoms with Gasteiger partial charge in [-0.1, -0.05) is 30.3 Å². The summed E-state index contributed by atoms with van der Waals surface area (Å²) in [5.74, 6) is 1.16. The Bertz CT molecular complexity index is 1010. The fourth-order valence-corrected chi connectivity index (χ4v) is 3.06. The molecule has 0 saturated carbocycles. The van der Waals surface area contributed by atoms with Gasteiger partial charge in [-0.25, -0.2) is 0 Å². The van der Waals surface area contributed by atoms with Crippen molar-refractivity contribution in [2.45, 2.75) is 6.92 Å². The number of fused-ring (bicyclic) bond motifs is 1. The fourth-order valence-electron chi connectivity index (χ4n) is 3.06. The van der Waals surface area contributed by atoms with Gasteiger partial charge >= 0.3 is 0 Å². The number of hydrogen-bond donors (Lipinski definition) is 2. The minimum absolute atomic E-state index is 0.213. The third-order valence-electron chi connectivity index (χ3n) is 4.15. The van der Waals surface area contributed by atoms with Crippen LogP contribution in [0.5, 0.6) is 11.5 Å². The van der Waals surface area contributed by atoms with Crippen LogP contribution in [0.25, 0.3) is 33.4 Å². The predicted octanol–water partition coefficient (Wildman–Crippen LogP) is 5.49. The molecule has 0 spiro atoms. The monoisotopic (exact) mass is 316 g/mol. The van der Waals surface area contributed by atoms with Gasteiger partial charge < -0.3 is 14.6 Å². The van der Waals surface area contributed by atoms with E-state index in [0.717, 1.165) is 39.0 Å². The summed E-state index contributed by atoms with van der Waals surface area (Å²) in [6.45, 7) is 1.92. The summed E-state index contributed by atoms with van der Waals surface area (Å²) in [6.07, 6.45) is 0. The average Bonchev–Trinajstić information content (AvgIpc) is 2.96. The van der Waals surface area contributed by atoms with Crippen molar-refractivity contribution in [2.75, 3.05) is 0 Å². The van der Waals surface area contributed by atoms with Crippen molar-refractivity contribution >= 4 is 11.0 Å². The molecule has 3 heteroatoms. The number of phenols is 2. The zero-order chi connectivity index (χ0) is 16.7. The van der Waals surface area contributed by atoms with Crippen molar-refractivity contribution in [1.82, 2.24) is 0 Å². The highest BCUT2D eigenvalue weighted by molar-refractivity contribution is 6.03. The van der Waals surface area contributed by atoms with Gasteiger partial charge in [0.1, 0.15) is 22.8 Å². The van der Waals surface area contributed by atoms with Crippen LogP contribution in [0.1, 0.15) is 5.56 Å². The minimum atomic E-state index is 0.213. The molecular weight excluding hydrogens is 300 g/mol. The summed E-state index contributed by atoms with van der Waals surface area (Å²) in [4.78, 5) is 0. The minimum Gasteiger partial charge on any atom is -0.508 e. The van der Waals surface area contributed by atoms with E-state index in [9.17, 15) is 10.2 Å². The number of benzene rings is 3. The first-order valence-electron chi connectivity index (χ1n) is 7.74. The Morgan fingerprint density at radius 3 is 2.17 bits per heavy atom. The van der Waals surface area contributed by atoms with Gasteiger partial charge in [0.25, 0.3) is 0 Å². The topological polar surface area (TPSA) is 53.6 Å². The van der Waals surface area contributed by atoms with Gasteiger partial charge in [0.15, 0.2) is 0 Å². The maximum Gasteiger partial charge on any atom is 0.143 e. The second kappa shape index (κ2) is 5.46. The highest BCUT2D eigenvalue weighted by atomic mass is 16.3. The van der Waals surface area contributed by atoms with Gasteiger partial charge in [0.05, 0.1) is 0 Å². The number of furan rings is 1. The number of phenolic OH excluding ortho intramolecular Hbond substituents is 2. The average molecular weight is 316 g/mol. The summed E-state index contributed by atoms with van der Waals surface area (Å²) in [5, 5.41) is 20.4.